The molecule has 2 aromatic carbocycles. The third kappa shape index (κ3) is 3.64. The van der Waals surface area contributed by atoms with E-state index >= 15 is 0 Å². The summed E-state index contributed by atoms with van der Waals surface area (Å²) in [6.45, 7) is 1.92. The van der Waals surface area contributed by atoms with Gasteiger partial charge in [-0.2, -0.15) is 5.10 Å². The second-order valence-corrected chi connectivity index (χ2v) is 6.93. The van der Waals surface area contributed by atoms with Crippen LogP contribution in [-0.2, 0) is 13.5 Å². The number of fused-ring (bicyclic) bond motifs is 1. The summed E-state index contributed by atoms with van der Waals surface area (Å²) in [4.78, 5) is 17.4. The van der Waals surface area contributed by atoms with Crippen LogP contribution in [0.25, 0.3) is 11.0 Å². The van der Waals surface area contributed by atoms with Crippen LogP contribution in [0.15, 0.2) is 72.9 Å². The molecule has 140 valence electrons. The van der Waals surface area contributed by atoms with Gasteiger partial charge in [0.2, 0.25) is 0 Å². The van der Waals surface area contributed by atoms with Crippen molar-refractivity contribution in [1.29, 1.82) is 0 Å². The summed E-state index contributed by atoms with van der Waals surface area (Å²) in [6, 6.07) is 22.0. The van der Waals surface area contributed by atoms with E-state index in [0.29, 0.717) is 5.56 Å². The van der Waals surface area contributed by atoms with Crippen molar-refractivity contribution in [3.8, 4) is 0 Å². The molecule has 0 aliphatic heterocycles. The first-order chi connectivity index (χ1) is 13.6. The smallest absolute Gasteiger partial charge is 0.253 e. The lowest BCUT2D eigenvalue weighted by atomic mass is 9.98. The van der Waals surface area contributed by atoms with Crippen LogP contribution in [0.2, 0.25) is 0 Å². The monoisotopic (exact) mass is 370 g/mol. The first-order valence-corrected chi connectivity index (χ1v) is 9.31. The Labute approximate surface area is 164 Å². The maximum atomic E-state index is 13.0. The Balaban J connectivity index is 1.62. The number of aromatic nitrogens is 3. The maximum absolute atomic E-state index is 13.0. The first-order valence-electron chi connectivity index (χ1n) is 9.31. The summed E-state index contributed by atoms with van der Waals surface area (Å²) in [5.41, 5.74) is 4.43. The Bertz CT molecular complexity index is 1100. The molecule has 4 aromatic rings. The highest BCUT2D eigenvalue weighted by atomic mass is 16.1. The number of aryl methyl sites for hydroxylation is 2. The minimum Gasteiger partial charge on any atom is -0.345 e. The molecule has 2 aromatic heterocycles. The van der Waals surface area contributed by atoms with E-state index < -0.39 is 0 Å². The second kappa shape index (κ2) is 7.64. The van der Waals surface area contributed by atoms with E-state index in [1.165, 1.54) is 5.56 Å². The summed E-state index contributed by atoms with van der Waals surface area (Å²) in [6.07, 6.45) is 2.33. The molecule has 1 atom stereocenters. The molecule has 0 saturated carbocycles. The predicted molar refractivity (Wildman–Crippen MR) is 110 cm³/mol. The molecule has 1 amide bonds. The van der Waals surface area contributed by atoms with E-state index in [2.05, 4.69) is 27.5 Å². The number of amides is 1. The number of nitrogens with zero attached hydrogens (tertiary/aromatic N) is 3. The number of carbonyl (C=O) groups is 1. The average Bonchev–Trinajstić information content (AvgIpc) is 3.02. The summed E-state index contributed by atoms with van der Waals surface area (Å²) in [5.74, 6) is -0.137. The van der Waals surface area contributed by atoms with Gasteiger partial charge in [-0.3, -0.25) is 9.48 Å². The second-order valence-electron chi connectivity index (χ2n) is 6.93. The normalized spacial score (nSPS) is 12.1. The first kappa shape index (κ1) is 17.9. The van der Waals surface area contributed by atoms with Gasteiger partial charge in [-0.1, -0.05) is 60.7 Å². The third-order valence-corrected chi connectivity index (χ3v) is 4.92. The summed E-state index contributed by atoms with van der Waals surface area (Å²) in [7, 11) is 1.85. The zero-order valence-electron chi connectivity index (χ0n) is 16.0. The van der Waals surface area contributed by atoms with Crippen LogP contribution in [0.3, 0.4) is 0 Å². The SMILES string of the molecule is Cc1nn(C)c2ncc(C(=O)NC(Cc3ccccc3)c3ccccc3)cc12. The fraction of sp³-hybridized carbons (Fsp3) is 0.174. The Kier molecular flexibility index (Phi) is 4.89. The van der Waals surface area contributed by atoms with Crippen LogP contribution in [0, 0.1) is 6.92 Å². The lowest BCUT2D eigenvalue weighted by molar-refractivity contribution is 0.0936. The molecule has 2 heterocycles. The summed E-state index contributed by atoms with van der Waals surface area (Å²) in [5, 5.41) is 8.46. The molecule has 28 heavy (non-hydrogen) atoms. The molecule has 5 nitrogen and oxygen atoms in total. The van der Waals surface area contributed by atoms with E-state index in [1.54, 1.807) is 10.9 Å². The summed E-state index contributed by atoms with van der Waals surface area (Å²) >= 11 is 0. The predicted octanol–water partition coefficient (Wildman–Crippen LogP) is 3.99. The number of hydrogen-bond donors (Lipinski definition) is 1. The van der Waals surface area contributed by atoms with E-state index in [-0.39, 0.29) is 11.9 Å². The number of hydrogen-bond acceptors (Lipinski definition) is 3. The number of carbonyl (C=O) groups excluding carboxylic acids is 1. The maximum Gasteiger partial charge on any atom is 0.253 e. The van der Waals surface area contributed by atoms with Gasteiger partial charge in [0.25, 0.3) is 5.91 Å². The minimum absolute atomic E-state index is 0.123. The molecule has 5 heteroatoms. The van der Waals surface area contributed by atoms with Gasteiger partial charge in [-0.15, -0.1) is 0 Å². The molecule has 0 aliphatic carbocycles. The van der Waals surface area contributed by atoms with Crippen molar-refractivity contribution in [3.05, 3.63) is 95.3 Å². The molecule has 1 unspecified atom stereocenters. The van der Waals surface area contributed by atoms with E-state index in [0.717, 1.165) is 28.7 Å². The number of pyridine rings is 1. The highest BCUT2D eigenvalue weighted by molar-refractivity contribution is 5.97. The molecule has 0 saturated heterocycles. The molecule has 0 aliphatic rings. The van der Waals surface area contributed by atoms with Gasteiger partial charge < -0.3 is 5.32 Å². The van der Waals surface area contributed by atoms with Crippen molar-refractivity contribution in [3.63, 3.8) is 0 Å². The van der Waals surface area contributed by atoms with Gasteiger partial charge in [-0.05, 0) is 30.5 Å². The Morgan fingerprint density at radius 3 is 2.46 bits per heavy atom. The van der Waals surface area contributed by atoms with E-state index in [9.17, 15) is 4.79 Å². The van der Waals surface area contributed by atoms with Gasteiger partial charge in [0.15, 0.2) is 5.65 Å². The third-order valence-electron chi connectivity index (χ3n) is 4.92. The summed E-state index contributed by atoms with van der Waals surface area (Å²) < 4.78 is 1.73. The van der Waals surface area contributed by atoms with Gasteiger partial charge in [-0.25, -0.2) is 4.98 Å². The number of nitrogens with one attached hydrogen (secondary N) is 1. The lowest BCUT2D eigenvalue weighted by Crippen LogP contribution is -2.30. The number of rotatable bonds is 5. The van der Waals surface area contributed by atoms with E-state index in [4.69, 9.17) is 0 Å². The van der Waals surface area contributed by atoms with Gasteiger partial charge >= 0.3 is 0 Å². The molecule has 0 bridgehead atoms. The van der Waals surface area contributed by atoms with Crippen LogP contribution in [0.5, 0.6) is 0 Å². The topological polar surface area (TPSA) is 59.8 Å². The fourth-order valence-corrected chi connectivity index (χ4v) is 3.46. The van der Waals surface area contributed by atoms with Gasteiger partial charge in [0.05, 0.1) is 17.3 Å². The van der Waals surface area contributed by atoms with Crippen LogP contribution >= 0.6 is 0 Å². The Morgan fingerprint density at radius 2 is 1.75 bits per heavy atom. The molecule has 0 fully saturated rings. The van der Waals surface area contributed by atoms with E-state index in [1.807, 2.05) is 68.6 Å². The van der Waals surface area contributed by atoms with Crippen molar-refractivity contribution in [2.45, 2.75) is 19.4 Å². The highest BCUT2D eigenvalue weighted by Crippen LogP contribution is 2.21. The average molecular weight is 370 g/mol. The van der Waals surface area contributed by atoms with Crippen LogP contribution in [0.1, 0.15) is 33.2 Å². The van der Waals surface area contributed by atoms with Crippen molar-refractivity contribution in [2.75, 3.05) is 0 Å². The molecule has 0 radical (unpaired) electrons. The fourth-order valence-electron chi connectivity index (χ4n) is 3.46. The quantitative estimate of drug-likeness (QED) is 0.578. The zero-order valence-corrected chi connectivity index (χ0v) is 16.0. The van der Waals surface area contributed by atoms with Crippen LogP contribution < -0.4 is 5.32 Å². The molecule has 0 spiro atoms. The van der Waals surface area contributed by atoms with Crippen LogP contribution in [0.4, 0.5) is 0 Å². The van der Waals surface area contributed by atoms with Crippen molar-refractivity contribution in [1.82, 2.24) is 20.1 Å². The Morgan fingerprint density at radius 1 is 1.07 bits per heavy atom. The zero-order chi connectivity index (χ0) is 19.5. The molecule has 4 rings (SSSR count). The van der Waals surface area contributed by atoms with Gasteiger partial charge in [0, 0.05) is 18.6 Å². The molecule has 1 N–H and O–H groups in total. The standard InChI is InChI=1S/C23H22N4O/c1-16-20-14-19(15-24-22(20)27(2)26-16)23(28)25-21(18-11-7-4-8-12-18)13-17-9-5-3-6-10-17/h3-12,14-15,21H,13H2,1-2H3,(H,25,28). The Hall–Kier alpha value is -3.47. The molecular weight excluding hydrogens is 348 g/mol. The highest BCUT2D eigenvalue weighted by Gasteiger charge is 2.18. The minimum atomic E-state index is -0.137. The van der Waals surface area contributed by atoms with Gasteiger partial charge in [0.1, 0.15) is 0 Å². The van der Waals surface area contributed by atoms with Crippen molar-refractivity contribution < 1.29 is 4.79 Å². The lowest BCUT2D eigenvalue weighted by Gasteiger charge is -2.19. The largest absolute Gasteiger partial charge is 0.345 e. The number of benzene rings is 2. The van der Waals surface area contributed by atoms with Crippen molar-refractivity contribution in [2.24, 2.45) is 7.05 Å². The van der Waals surface area contributed by atoms with Crippen LogP contribution in [-0.4, -0.2) is 20.7 Å². The van der Waals surface area contributed by atoms with Crippen molar-refractivity contribution >= 4 is 16.9 Å². The molecular formula is C23H22N4O.